The van der Waals surface area contributed by atoms with Crippen LogP contribution in [0.15, 0.2) is 94.8 Å². The van der Waals surface area contributed by atoms with Gasteiger partial charge in [-0.15, -0.1) is 0 Å². The molecule has 5 aromatic rings. The van der Waals surface area contributed by atoms with Gasteiger partial charge in [0.05, 0.1) is 23.7 Å². The van der Waals surface area contributed by atoms with Gasteiger partial charge in [-0.05, 0) is 97.5 Å². The molecule has 208 valence electrons. The average molecular weight is 546 g/mol. The van der Waals surface area contributed by atoms with Crippen molar-refractivity contribution in [2.45, 2.75) is 47.1 Å². The highest BCUT2D eigenvalue weighted by Gasteiger charge is 2.18. The van der Waals surface area contributed by atoms with Gasteiger partial charge in [-0.1, -0.05) is 55.8 Å². The van der Waals surface area contributed by atoms with Crippen LogP contribution in [0.1, 0.15) is 54.5 Å². The normalized spacial score (nSPS) is 11.5. The third-order valence-electron chi connectivity index (χ3n) is 7.00. The predicted molar refractivity (Wildman–Crippen MR) is 166 cm³/mol. The molecular formula is C35H35N3O3. The highest BCUT2D eigenvalue weighted by Crippen LogP contribution is 2.34. The minimum atomic E-state index is -0.223. The fraction of sp³-hybridized carbons (Fsp3) is 0.229. The maximum absolute atomic E-state index is 13.7. The lowest BCUT2D eigenvalue weighted by Gasteiger charge is -2.18. The van der Waals surface area contributed by atoms with Crippen LogP contribution in [0.5, 0.6) is 11.5 Å². The van der Waals surface area contributed by atoms with Gasteiger partial charge in [0.1, 0.15) is 18.1 Å². The lowest BCUT2D eigenvalue weighted by Crippen LogP contribution is -2.20. The molecule has 0 aliphatic carbocycles. The Morgan fingerprint density at radius 3 is 2.37 bits per heavy atom. The van der Waals surface area contributed by atoms with Crippen LogP contribution in [-0.2, 0) is 6.61 Å². The van der Waals surface area contributed by atoms with E-state index in [9.17, 15) is 4.79 Å². The van der Waals surface area contributed by atoms with Crippen LogP contribution < -0.4 is 15.0 Å². The van der Waals surface area contributed by atoms with E-state index in [1.54, 1.807) is 12.3 Å². The first kappa shape index (κ1) is 27.8. The average Bonchev–Trinajstić information content (AvgIpc) is 2.97. The molecule has 1 heterocycles. The predicted octanol–water partition coefficient (Wildman–Crippen LogP) is 7.66. The number of rotatable bonds is 9. The van der Waals surface area contributed by atoms with Crippen molar-refractivity contribution in [3.8, 4) is 22.9 Å². The molecule has 4 aromatic carbocycles. The molecule has 5 rings (SSSR count). The van der Waals surface area contributed by atoms with Crippen molar-refractivity contribution in [1.82, 2.24) is 9.66 Å². The van der Waals surface area contributed by atoms with Crippen LogP contribution in [0, 0.1) is 13.8 Å². The number of nitrogens with zero attached hydrogens (tertiary/aromatic N) is 3. The number of para-hydroxylation sites is 1. The van der Waals surface area contributed by atoms with Crippen LogP contribution in [0.2, 0.25) is 0 Å². The zero-order valence-electron chi connectivity index (χ0n) is 24.2. The second-order valence-electron chi connectivity index (χ2n) is 10.5. The van der Waals surface area contributed by atoms with Crippen LogP contribution in [0.3, 0.4) is 0 Å². The van der Waals surface area contributed by atoms with Gasteiger partial charge >= 0.3 is 0 Å². The summed E-state index contributed by atoms with van der Waals surface area (Å²) in [5.74, 6) is 2.34. The first-order valence-corrected chi connectivity index (χ1v) is 14.0. The maximum Gasteiger partial charge on any atom is 0.282 e. The zero-order valence-corrected chi connectivity index (χ0v) is 24.2. The highest BCUT2D eigenvalue weighted by molar-refractivity contribution is 5.82. The van der Waals surface area contributed by atoms with Crippen molar-refractivity contribution in [2.75, 3.05) is 6.61 Å². The lowest BCUT2D eigenvalue weighted by molar-refractivity contribution is 0.306. The van der Waals surface area contributed by atoms with Gasteiger partial charge in [-0.2, -0.15) is 9.78 Å². The largest absolute Gasteiger partial charge is 0.494 e. The van der Waals surface area contributed by atoms with Crippen LogP contribution >= 0.6 is 0 Å². The van der Waals surface area contributed by atoms with E-state index in [1.807, 2.05) is 62.4 Å². The molecule has 6 nitrogen and oxygen atoms in total. The molecule has 0 spiro atoms. The highest BCUT2D eigenvalue weighted by atomic mass is 16.5. The second kappa shape index (κ2) is 12.2. The molecule has 0 saturated carbocycles. The van der Waals surface area contributed by atoms with Crippen molar-refractivity contribution < 1.29 is 9.47 Å². The Morgan fingerprint density at radius 2 is 1.66 bits per heavy atom. The van der Waals surface area contributed by atoms with Crippen molar-refractivity contribution in [2.24, 2.45) is 5.10 Å². The molecular weight excluding hydrogens is 510 g/mol. The van der Waals surface area contributed by atoms with E-state index >= 15 is 0 Å². The molecule has 0 radical (unpaired) electrons. The number of benzene rings is 4. The molecule has 0 aliphatic rings. The minimum Gasteiger partial charge on any atom is -0.494 e. The lowest BCUT2D eigenvalue weighted by atomic mass is 9.96. The van der Waals surface area contributed by atoms with E-state index in [0.717, 1.165) is 39.3 Å². The Hall–Kier alpha value is -4.71. The fourth-order valence-electron chi connectivity index (χ4n) is 4.70. The molecule has 0 unspecified atom stereocenters. The quantitative estimate of drug-likeness (QED) is 0.178. The number of hydrogen-bond donors (Lipinski definition) is 0. The monoisotopic (exact) mass is 545 g/mol. The Labute approximate surface area is 240 Å². The van der Waals surface area contributed by atoms with Gasteiger partial charge in [0.15, 0.2) is 5.82 Å². The summed E-state index contributed by atoms with van der Waals surface area (Å²) in [5, 5.41) is 5.17. The molecule has 0 aliphatic heterocycles. The fourth-order valence-corrected chi connectivity index (χ4v) is 4.70. The third-order valence-corrected chi connectivity index (χ3v) is 7.00. The van der Waals surface area contributed by atoms with Crippen LogP contribution in [0.4, 0.5) is 0 Å². The van der Waals surface area contributed by atoms with Crippen molar-refractivity contribution in [3.63, 3.8) is 0 Å². The Morgan fingerprint density at radius 1 is 0.927 bits per heavy atom. The number of aromatic nitrogens is 2. The van der Waals surface area contributed by atoms with E-state index in [4.69, 9.17) is 14.5 Å². The number of aryl methyl sites for hydroxylation is 2. The molecule has 0 saturated heterocycles. The summed E-state index contributed by atoms with van der Waals surface area (Å²) in [5.41, 5.74) is 6.45. The van der Waals surface area contributed by atoms with E-state index in [0.29, 0.717) is 29.9 Å². The van der Waals surface area contributed by atoms with E-state index in [1.165, 1.54) is 10.2 Å². The van der Waals surface area contributed by atoms with Gasteiger partial charge in [0.2, 0.25) is 0 Å². The Kier molecular flexibility index (Phi) is 8.29. The second-order valence-corrected chi connectivity index (χ2v) is 10.5. The molecule has 0 N–H and O–H groups in total. The summed E-state index contributed by atoms with van der Waals surface area (Å²) >= 11 is 0. The first-order chi connectivity index (χ1) is 19.8. The van der Waals surface area contributed by atoms with Gasteiger partial charge in [0.25, 0.3) is 5.56 Å². The summed E-state index contributed by atoms with van der Waals surface area (Å²) in [6.45, 7) is 11.4. The zero-order chi connectivity index (χ0) is 28.9. The number of fused-ring (bicyclic) bond motifs is 1. The van der Waals surface area contributed by atoms with Gasteiger partial charge in [-0.25, -0.2) is 4.98 Å². The van der Waals surface area contributed by atoms with E-state index in [2.05, 4.69) is 56.2 Å². The van der Waals surface area contributed by atoms with Crippen molar-refractivity contribution in [1.29, 1.82) is 0 Å². The summed E-state index contributed by atoms with van der Waals surface area (Å²) < 4.78 is 13.3. The summed E-state index contributed by atoms with van der Waals surface area (Å²) in [6, 6.07) is 27.4. The smallest absolute Gasteiger partial charge is 0.282 e. The summed E-state index contributed by atoms with van der Waals surface area (Å²) in [4.78, 5) is 18.6. The Bertz CT molecular complexity index is 1750. The number of hydrogen-bond acceptors (Lipinski definition) is 5. The van der Waals surface area contributed by atoms with Gasteiger partial charge < -0.3 is 9.47 Å². The number of ether oxygens (including phenoxy) is 2. The minimum absolute atomic E-state index is 0.223. The Balaban J connectivity index is 1.51. The van der Waals surface area contributed by atoms with Gasteiger partial charge in [-0.3, -0.25) is 4.79 Å². The molecule has 0 atom stereocenters. The topological polar surface area (TPSA) is 65.7 Å². The summed E-state index contributed by atoms with van der Waals surface area (Å²) in [7, 11) is 0. The standard InChI is InChI=1S/C35H35N3O3/c1-6-40-33-19-25(5)31(20-30(33)23(2)3)34-37-32-10-8-7-9-29(32)35(39)38(34)36-21-26-15-17-28(18-16-26)41-22-27-13-11-24(4)12-14-27/h7-21,23H,6,22H2,1-5H3. The first-order valence-electron chi connectivity index (χ1n) is 14.0. The molecule has 0 amide bonds. The molecule has 0 fully saturated rings. The summed E-state index contributed by atoms with van der Waals surface area (Å²) in [6.07, 6.45) is 1.68. The third kappa shape index (κ3) is 6.22. The van der Waals surface area contributed by atoms with E-state index in [-0.39, 0.29) is 11.5 Å². The van der Waals surface area contributed by atoms with Crippen molar-refractivity contribution in [3.05, 3.63) is 123 Å². The van der Waals surface area contributed by atoms with Gasteiger partial charge in [0, 0.05) is 5.56 Å². The van der Waals surface area contributed by atoms with Crippen LogP contribution in [0.25, 0.3) is 22.3 Å². The SMILES string of the molecule is CCOc1cc(C)c(-c2nc3ccccc3c(=O)n2N=Cc2ccc(OCc3ccc(C)cc3)cc2)cc1C(C)C. The maximum atomic E-state index is 13.7. The van der Waals surface area contributed by atoms with E-state index < -0.39 is 0 Å². The molecule has 6 heteroatoms. The molecule has 0 bridgehead atoms. The van der Waals surface area contributed by atoms with Crippen molar-refractivity contribution >= 4 is 17.1 Å². The van der Waals surface area contributed by atoms with Crippen LogP contribution in [-0.4, -0.2) is 22.5 Å². The molecule has 1 aromatic heterocycles. The molecule has 41 heavy (non-hydrogen) atoms.